The maximum absolute atomic E-state index is 13.7. The summed E-state index contributed by atoms with van der Waals surface area (Å²) >= 11 is 0. The third-order valence-corrected chi connectivity index (χ3v) is 5.37. The van der Waals surface area contributed by atoms with Crippen LogP contribution in [0.1, 0.15) is 36.0 Å². The summed E-state index contributed by atoms with van der Waals surface area (Å²) in [6.07, 6.45) is 4.77. The number of aromatic nitrogens is 1. The van der Waals surface area contributed by atoms with Crippen molar-refractivity contribution in [2.24, 2.45) is 0 Å². The first-order chi connectivity index (χ1) is 10.9. The number of sulfonamides is 1. The summed E-state index contributed by atoms with van der Waals surface area (Å²) in [7, 11) is -3.20. The van der Waals surface area contributed by atoms with Gasteiger partial charge in [0.2, 0.25) is 10.0 Å². The number of rotatable bonds is 4. The Balaban J connectivity index is 1.73. The minimum Gasteiger partial charge on any atom is -0.445 e. The molecule has 0 radical (unpaired) electrons. The van der Waals surface area contributed by atoms with E-state index in [0.717, 1.165) is 12.8 Å². The highest BCUT2D eigenvalue weighted by molar-refractivity contribution is 7.88. The number of piperidine rings is 1. The van der Waals surface area contributed by atoms with Crippen LogP contribution in [-0.4, -0.2) is 37.1 Å². The fourth-order valence-electron chi connectivity index (χ4n) is 2.87. The number of benzene rings is 1. The smallest absolute Gasteiger partial charge is 0.211 e. The maximum atomic E-state index is 13.7. The van der Waals surface area contributed by atoms with E-state index in [2.05, 4.69) is 4.98 Å². The number of nitrogens with zero attached hydrogens (tertiary/aromatic N) is 2. The molecule has 0 N–H and O–H groups in total. The molecule has 1 unspecified atom stereocenters. The van der Waals surface area contributed by atoms with Crippen molar-refractivity contribution < 1.29 is 17.2 Å². The maximum Gasteiger partial charge on any atom is 0.211 e. The molecule has 1 saturated heterocycles. The molecule has 1 aromatic carbocycles. The van der Waals surface area contributed by atoms with E-state index in [0.29, 0.717) is 36.7 Å². The van der Waals surface area contributed by atoms with Crippen molar-refractivity contribution in [2.45, 2.75) is 25.2 Å². The van der Waals surface area contributed by atoms with Gasteiger partial charge in [-0.05, 0) is 24.5 Å². The van der Waals surface area contributed by atoms with Gasteiger partial charge >= 0.3 is 0 Å². The average molecular weight is 338 g/mol. The predicted molar refractivity (Wildman–Crippen MR) is 84.1 cm³/mol. The van der Waals surface area contributed by atoms with Crippen LogP contribution in [0.15, 0.2) is 34.9 Å². The van der Waals surface area contributed by atoms with Gasteiger partial charge in [-0.15, -0.1) is 0 Å². The SMILES string of the molecule is CS(=O)(=O)N1CCCC(c2ncc(Cc3ccccc3F)o2)C1. The molecule has 1 atom stereocenters. The summed E-state index contributed by atoms with van der Waals surface area (Å²) in [4.78, 5) is 4.27. The number of hydrogen-bond acceptors (Lipinski definition) is 4. The number of halogens is 1. The van der Waals surface area contributed by atoms with Gasteiger partial charge < -0.3 is 4.42 Å². The Bertz CT molecular complexity index is 788. The molecule has 1 aliphatic rings. The Morgan fingerprint density at radius 3 is 2.91 bits per heavy atom. The summed E-state index contributed by atoms with van der Waals surface area (Å²) in [5.41, 5.74) is 0.552. The van der Waals surface area contributed by atoms with Gasteiger partial charge in [-0.2, -0.15) is 0 Å². The van der Waals surface area contributed by atoms with Crippen molar-refractivity contribution in [3.63, 3.8) is 0 Å². The summed E-state index contributed by atoms with van der Waals surface area (Å²) in [6, 6.07) is 6.55. The molecule has 0 aliphatic carbocycles. The molecule has 0 amide bonds. The lowest BCUT2D eigenvalue weighted by Crippen LogP contribution is -2.38. The molecule has 2 aromatic rings. The zero-order valence-corrected chi connectivity index (χ0v) is 13.7. The molecule has 0 saturated carbocycles. The first-order valence-electron chi connectivity index (χ1n) is 7.56. The second kappa shape index (κ2) is 6.41. The predicted octanol–water partition coefficient (Wildman–Crippen LogP) is 2.54. The van der Waals surface area contributed by atoms with Crippen LogP contribution >= 0.6 is 0 Å². The van der Waals surface area contributed by atoms with Gasteiger partial charge in [0.25, 0.3) is 0 Å². The molecule has 1 aromatic heterocycles. The van der Waals surface area contributed by atoms with Crippen molar-refractivity contribution in [2.75, 3.05) is 19.3 Å². The highest BCUT2D eigenvalue weighted by Crippen LogP contribution is 2.28. The standard InChI is InChI=1S/C16H19FN2O3S/c1-23(20,21)19-8-4-6-13(11-19)16-18-10-14(22-16)9-12-5-2-3-7-15(12)17/h2-3,5,7,10,13H,4,6,8-9,11H2,1H3. The highest BCUT2D eigenvalue weighted by Gasteiger charge is 2.29. The Hall–Kier alpha value is -1.73. The highest BCUT2D eigenvalue weighted by atomic mass is 32.2. The van der Waals surface area contributed by atoms with Crippen LogP contribution in [-0.2, 0) is 16.4 Å². The summed E-state index contributed by atoms with van der Waals surface area (Å²) in [6.45, 7) is 0.927. The van der Waals surface area contributed by atoms with Crippen LogP contribution in [0, 0.1) is 5.82 Å². The van der Waals surface area contributed by atoms with Gasteiger partial charge in [0.1, 0.15) is 11.6 Å². The molecule has 3 rings (SSSR count). The van der Waals surface area contributed by atoms with Crippen molar-refractivity contribution in [3.05, 3.63) is 53.5 Å². The van der Waals surface area contributed by atoms with E-state index < -0.39 is 10.0 Å². The van der Waals surface area contributed by atoms with E-state index in [1.165, 1.54) is 16.6 Å². The lowest BCUT2D eigenvalue weighted by atomic mass is 10.00. The first kappa shape index (κ1) is 16.1. The molecule has 23 heavy (non-hydrogen) atoms. The fraction of sp³-hybridized carbons (Fsp3) is 0.438. The first-order valence-corrected chi connectivity index (χ1v) is 9.41. The lowest BCUT2D eigenvalue weighted by molar-refractivity contribution is 0.283. The van der Waals surface area contributed by atoms with Crippen LogP contribution in [0.3, 0.4) is 0 Å². The summed E-state index contributed by atoms with van der Waals surface area (Å²) in [5, 5.41) is 0. The van der Waals surface area contributed by atoms with E-state index >= 15 is 0 Å². The Labute approximate surface area is 135 Å². The normalized spacial score (nSPS) is 19.8. The molecule has 7 heteroatoms. The van der Waals surface area contributed by atoms with Gasteiger partial charge in [-0.25, -0.2) is 22.1 Å². The summed E-state index contributed by atoms with van der Waals surface area (Å²) in [5.74, 6) is 0.797. The second-order valence-electron chi connectivity index (χ2n) is 5.89. The van der Waals surface area contributed by atoms with Crippen LogP contribution < -0.4 is 0 Å². The van der Waals surface area contributed by atoms with Crippen LogP contribution in [0.5, 0.6) is 0 Å². The van der Waals surface area contributed by atoms with Crippen molar-refractivity contribution >= 4 is 10.0 Å². The quantitative estimate of drug-likeness (QED) is 0.859. The largest absolute Gasteiger partial charge is 0.445 e. The minimum atomic E-state index is -3.20. The zero-order chi connectivity index (χ0) is 16.4. The molecule has 124 valence electrons. The van der Waals surface area contributed by atoms with Crippen molar-refractivity contribution in [1.82, 2.24) is 9.29 Å². The fourth-order valence-corrected chi connectivity index (χ4v) is 3.78. The molecule has 0 bridgehead atoms. The minimum absolute atomic E-state index is 0.0483. The molecular weight excluding hydrogens is 319 g/mol. The molecule has 1 fully saturated rings. The zero-order valence-electron chi connectivity index (χ0n) is 12.9. The van der Waals surface area contributed by atoms with Crippen molar-refractivity contribution in [3.8, 4) is 0 Å². The monoisotopic (exact) mass is 338 g/mol. The molecule has 5 nitrogen and oxygen atoms in total. The van der Waals surface area contributed by atoms with E-state index in [1.54, 1.807) is 24.4 Å². The lowest BCUT2D eigenvalue weighted by Gasteiger charge is -2.29. The van der Waals surface area contributed by atoms with E-state index in [-0.39, 0.29) is 11.7 Å². The second-order valence-corrected chi connectivity index (χ2v) is 7.88. The Kier molecular flexibility index (Phi) is 4.50. The number of hydrogen-bond donors (Lipinski definition) is 0. The molecular formula is C16H19FN2O3S. The Morgan fingerprint density at radius 2 is 2.17 bits per heavy atom. The van der Waals surface area contributed by atoms with E-state index in [1.807, 2.05) is 0 Å². The van der Waals surface area contributed by atoms with Gasteiger partial charge in [0, 0.05) is 25.4 Å². The van der Waals surface area contributed by atoms with Gasteiger partial charge in [0.05, 0.1) is 12.5 Å². The summed E-state index contributed by atoms with van der Waals surface area (Å²) < 4.78 is 44.2. The van der Waals surface area contributed by atoms with Crippen LogP contribution in [0.2, 0.25) is 0 Å². The van der Waals surface area contributed by atoms with Crippen molar-refractivity contribution in [1.29, 1.82) is 0 Å². The van der Waals surface area contributed by atoms with Gasteiger partial charge in [-0.3, -0.25) is 0 Å². The van der Waals surface area contributed by atoms with E-state index in [9.17, 15) is 12.8 Å². The third-order valence-electron chi connectivity index (χ3n) is 4.10. The number of oxazole rings is 1. The van der Waals surface area contributed by atoms with Gasteiger partial charge in [0.15, 0.2) is 5.89 Å². The molecule has 1 aliphatic heterocycles. The van der Waals surface area contributed by atoms with Gasteiger partial charge in [-0.1, -0.05) is 18.2 Å². The van der Waals surface area contributed by atoms with Crippen LogP contribution in [0.4, 0.5) is 4.39 Å². The molecule has 2 heterocycles. The topological polar surface area (TPSA) is 63.4 Å². The van der Waals surface area contributed by atoms with E-state index in [4.69, 9.17) is 4.42 Å². The average Bonchev–Trinajstić information content (AvgIpc) is 2.98. The third kappa shape index (κ3) is 3.79. The molecule has 0 spiro atoms. The Morgan fingerprint density at radius 1 is 1.39 bits per heavy atom. The van der Waals surface area contributed by atoms with Crippen LogP contribution in [0.25, 0.3) is 0 Å².